The number of nitrogens with zero attached hydrogens (tertiary/aromatic N) is 3. The molecule has 0 fully saturated rings. The summed E-state index contributed by atoms with van der Waals surface area (Å²) in [6.07, 6.45) is 8.87. The second-order valence-corrected chi connectivity index (χ2v) is 5.15. The number of amides is 1. The number of carbonyl (C=O) groups is 1. The highest BCUT2D eigenvalue weighted by molar-refractivity contribution is 5.91. The summed E-state index contributed by atoms with van der Waals surface area (Å²) in [7, 11) is 1.82. The first-order valence-electron chi connectivity index (χ1n) is 7.51. The molecule has 1 heterocycles. The third-order valence-corrected chi connectivity index (χ3v) is 3.35. The summed E-state index contributed by atoms with van der Waals surface area (Å²) in [5.74, 6) is 0.685. The standard InChI is InChI=1S/C18H21N3O/c1-3-4-12-21(2)17(22)11-10-15-13-19-18(20-14-15)16-8-6-5-7-9-16/h5-11,13-14H,3-4,12H2,1-2H3/b11-10+. The fraction of sp³-hybridized carbons (Fsp3) is 0.278. The van der Waals surface area contributed by atoms with Crippen molar-refractivity contribution in [1.82, 2.24) is 14.9 Å². The molecule has 0 aliphatic heterocycles. The van der Waals surface area contributed by atoms with Gasteiger partial charge in [-0.2, -0.15) is 0 Å². The molecule has 0 atom stereocenters. The first-order chi connectivity index (χ1) is 10.7. The number of likely N-dealkylation sites (N-methyl/N-ethyl adjacent to an activating group) is 1. The maximum atomic E-state index is 11.9. The first-order valence-corrected chi connectivity index (χ1v) is 7.51. The molecule has 0 saturated heterocycles. The van der Waals surface area contributed by atoms with Gasteiger partial charge >= 0.3 is 0 Å². The van der Waals surface area contributed by atoms with Crippen LogP contribution in [0.3, 0.4) is 0 Å². The molecule has 22 heavy (non-hydrogen) atoms. The topological polar surface area (TPSA) is 46.1 Å². The van der Waals surface area contributed by atoms with E-state index in [2.05, 4.69) is 16.9 Å². The Morgan fingerprint density at radius 2 is 1.86 bits per heavy atom. The van der Waals surface area contributed by atoms with Crippen LogP contribution in [0.4, 0.5) is 0 Å². The average molecular weight is 295 g/mol. The Hall–Kier alpha value is -2.49. The van der Waals surface area contributed by atoms with Crippen LogP contribution in [0.2, 0.25) is 0 Å². The van der Waals surface area contributed by atoms with Crippen LogP contribution in [0, 0.1) is 0 Å². The number of hydrogen-bond donors (Lipinski definition) is 0. The summed E-state index contributed by atoms with van der Waals surface area (Å²) in [4.78, 5) is 22.3. The smallest absolute Gasteiger partial charge is 0.246 e. The molecule has 2 aromatic rings. The molecule has 0 spiro atoms. The predicted octanol–water partition coefficient (Wildman–Crippen LogP) is 3.42. The minimum atomic E-state index is 0.000543. The minimum absolute atomic E-state index is 0.000543. The van der Waals surface area contributed by atoms with Crippen molar-refractivity contribution in [2.45, 2.75) is 19.8 Å². The van der Waals surface area contributed by atoms with E-state index in [9.17, 15) is 4.79 Å². The second-order valence-electron chi connectivity index (χ2n) is 5.15. The van der Waals surface area contributed by atoms with Crippen molar-refractivity contribution >= 4 is 12.0 Å². The van der Waals surface area contributed by atoms with E-state index in [1.54, 1.807) is 29.4 Å². The van der Waals surface area contributed by atoms with Crippen molar-refractivity contribution in [3.63, 3.8) is 0 Å². The number of carbonyl (C=O) groups excluding carboxylic acids is 1. The molecule has 0 aliphatic rings. The number of unbranched alkanes of at least 4 members (excludes halogenated alkanes) is 1. The Morgan fingerprint density at radius 3 is 2.50 bits per heavy atom. The molecular formula is C18H21N3O. The van der Waals surface area contributed by atoms with Crippen LogP contribution in [-0.4, -0.2) is 34.4 Å². The van der Waals surface area contributed by atoms with Crippen LogP contribution in [-0.2, 0) is 4.79 Å². The molecule has 1 amide bonds. The number of rotatable bonds is 6. The second kappa shape index (κ2) is 8.08. The zero-order valence-electron chi connectivity index (χ0n) is 13.1. The minimum Gasteiger partial charge on any atom is -0.342 e. The summed E-state index contributed by atoms with van der Waals surface area (Å²) in [6.45, 7) is 2.89. The van der Waals surface area contributed by atoms with Gasteiger partial charge in [0.05, 0.1) is 0 Å². The first kappa shape index (κ1) is 15.9. The Labute approximate surface area is 131 Å². The third kappa shape index (κ3) is 4.52. The molecule has 4 heteroatoms. The Morgan fingerprint density at radius 1 is 1.18 bits per heavy atom. The molecule has 0 aliphatic carbocycles. The van der Waals surface area contributed by atoms with Gasteiger partial charge < -0.3 is 4.90 Å². The molecule has 2 rings (SSSR count). The van der Waals surface area contributed by atoms with Crippen molar-refractivity contribution in [2.24, 2.45) is 0 Å². The summed E-state index contributed by atoms with van der Waals surface area (Å²) in [5.41, 5.74) is 1.80. The van der Waals surface area contributed by atoms with E-state index in [1.807, 2.05) is 37.4 Å². The molecule has 0 saturated carbocycles. The lowest BCUT2D eigenvalue weighted by atomic mass is 10.2. The quantitative estimate of drug-likeness (QED) is 0.767. The normalized spacial score (nSPS) is 10.8. The van der Waals surface area contributed by atoms with Crippen molar-refractivity contribution in [3.8, 4) is 11.4 Å². The SMILES string of the molecule is CCCCN(C)C(=O)/C=C/c1cnc(-c2ccccc2)nc1. The summed E-state index contributed by atoms with van der Waals surface area (Å²) in [6, 6.07) is 9.81. The highest BCUT2D eigenvalue weighted by Crippen LogP contribution is 2.13. The Bertz CT molecular complexity index is 621. The van der Waals surface area contributed by atoms with Gasteiger partial charge in [-0.25, -0.2) is 9.97 Å². The predicted molar refractivity (Wildman–Crippen MR) is 89.0 cm³/mol. The monoisotopic (exact) mass is 295 g/mol. The van der Waals surface area contributed by atoms with Gasteiger partial charge in [0.15, 0.2) is 5.82 Å². The zero-order valence-corrected chi connectivity index (χ0v) is 13.1. The van der Waals surface area contributed by atoms with Crippen molar-refractivity contribution in [1.29, 1.82) is 0 Å². The fourth-order valence-electron chi connectivity index (χ4n) is 1.96. The van der Waals surface area contributed by atoms with Crippen LogP contribution < -0.4 is 0 Å². The van der Waals surface area contributed by atoms with Gasteiger partial charge in [0.25, 0.3) is 0 Å². The van der Waals surface area contributed by atoms with E-state index in [-0.39, 0.29) is 5.91 Å². The van der Waals surface area contributed by atoms with E-state index in [1.165, 1.54) is 0 Å². The van der Waals surface area contributed by atoms with E-state index in [0.29, 0.717) is 5.82 Å². The van der Waals surface area contributed by atoms with Crippen LogP contribution in [0.25, 0.3) is 17.5 Å². The fourth-order valence-corrected chi connectivity index (χ4v) is 1.96. The van der Waals surface area contributed by atoms with E-state index in [4.69, 9.17) is 0 Å². The van der Waals surface area contributed by atoms with Gasteiger partial charge in [0.2, 0.25) is 5.91 Å². The lowest BCUT2D eigenvalue weighted by Gasteiger charge is -2.13. The lowest BCUT2D eigenvalue weighted by Crippen LogP contribution is -2.25. The third-order valence-electron chi connectivity index (χ3n) is 3.35. The maximum Gasteiger partial charge on any atom is 0.246 e. The molecule has 0 bridgehead atoms. The van der Waals surface area contributed by atoms with Crippen molar-refractivity contribution in [3.05, 3.63) is 54.4 Å². The van der Waals surface area contributed by atoms with E-state index >= 15 is 0 Å². The van der Waals surface area contributed by atoms with Crippen LogP contribution >= 0.6 is 0 Å². The molecule has 1 aromatic heterocycles. The average Bonchev–Trinajstić information content (AvgIpc) is 2.58. The highest BCUT2D eigenvalue weighted by Gasteiger charge is 2.04. The summed E-state index contributed by atoms with van der Waals surface area (Å²) < 4.78 is 0. The van der Waals surface area contributed by atoms with Gasteiger partial charge in [-0.15, -0.1) is 0 Å². The molecule has 1 aromatic carbocycles. The zero-order chi connectivity index (χ0) is 15.8. The van der Waals surface area contributed by atoms with E-state index in [0.717, 1.165) is 30.5 Å². The van der Waals surface area contributed by atoms with Crippen LogP contribution in [0.15, 0.2) is 48.8 Å². The van der Waals surface area contributed by atoms with Crippen LogP contribution in [0.5, 0.6) is 0 Å². The van der Waals surface area contributed by atoms with E-state index < -0.39 is 0 Å². The summed E-state index contributed by atoms with van der Waals surface area (Å²) >= 11 is 0. The Balaban J connectivity index is 1.99. The van der Waals surface area contributed by atoms with Gasteiger partial charge in [0.1, 0.15) is 0 Å². The number of benzene rings is 1. The molecule has 0 unspecified atom stereocenters. The molecule has 0 radical (unpaired) electrons. The highest BCUT2D eigenvalue weighted by atomic mass is 16.2. The Kier molecular flexibility index (Phi) is 5.83. The number of hydrogen-bond acceptors (Lipinski definition) is 3. The lowest BCUT2D eigenvalue weighted by molar-refractivity contribution is -0.124. The number of aromatic nitrogens is 2. The summed E-state index contributed by atoms with van der Waals surface area (Å²) in [5, 5.41) is 0. The van der Waals surface area contributed by atoms with Gasteiger partial charge in [-0.1, -0.05) is 43.7 Å². The molecule has 4 nitrogen and oxygen atoms in total. The van der Waals surface area contributed by atoms with Gasteiger partial charge in [-0.05, 0) is 12.5 Å². The van der Waals surface area contributed by atoms with Gasteiger partial charge in [0, 0.05) is 43.2 Å². The molecule has 0 N–H and O–H groups in total. The molecule has 114 valence electrons. The maximum absolute atomic E-state index is 11.9. The van der Waals surface area contributed by atoms with Gasteiger partial charge in [-0.3, -0.25) is 4.79 Å². The van der Waals surface area contributed by atoms with Crippen molar-refractivity contribution in [2.75, 3.05) is 13.6 Å². The van der Waals surface area contributed by atoms with Crippen molar-refractivity contribution < 1.29 is 4.79 Å². The van der Waals surface area contributed by atoms with Crippen LogP contribution in [0.1, 0.15) is 25.3 Å². The largest absolute Gasteiger partial charge is 0.342 e. The molecular weight excluding hydrogens is 274 g/mol.